The molecular weight excluding hydrogens is 468 g/mol. The average molecular weight is 493 g/mol. The monoisotopic (exact) mass is 492 g/mol. The Labute approximate surface area is 196 Å². The van der Waals surface area contributed by atoms with Gasteiger partial charge >= 0.3 is 5.97 Å². The highest BCUT2D eigenvalue weighted by Gasteiger charge is 2.23. The lowest BCUT2D eigenvalue weighted by molar-refractivity contribution is -0.146. The van der Waals surface area contributed by atoms with E-state index >= 15 is 0 Å². The molecule has 1 N–H and O–H groups in total. The first-order valence-corrected chi connectivity index (χ1v) is 12.1. The number of esters is 1. The number of benzene rings is 2. The van der Waals surface area contributed by atoms with Crippen molar-refractivity contribution in [3.05, 3.63) is 53.5 Å². The fourth-order valence-electron chi connectivity index (χ4n) is 2.93. The van der Waals surface area contributed by atoms with E-state index in [0.29, 0.717) is 28.0 Å². The molecule has 11 heteroatoms. The maximum absolute atomic E-state index is 12.5. The van der Waals surface area contributed by atoms with Crippen molar-refractivity contribution in [3.63, 3.8) is 0 Å². The van der Waals surface area contributed by atoms with Crippen molar-refractivity contribution in [2.24, 2.45) is 0 Å². The summed E-state index contributed by atoms with van der Waals surface area (Å²) in [6, 6.07) is 10.2. The molecule has 33 heavy (non-hydrogen) atoms. The van der Waals surface area contributed by atoms with Gasteiger partial charge < -0.3 is 18.9 Å². The van der Waals surface area contributed by atoms with Gasteiger partial charge in [-0.2, -0.15) is 4.72 Å². The fraction of sp³-hybridized carbons (Fsp3) is 0.273. The van der Waals surface area contributed by atoms with Gasteiger partial charge in [-0.3, -0.25) is 4.79 Å². The highest BCUT2D eigenvalue weighted by atomic mass is 32.2. The van der Waals surface area contributed by atoms with Gasteiger partial charge in [0.15, 0.2) is 11.5 Å². The number of thiazole rings is 1. The predicted molar refractivity (Wildman–Crippen MR) is 123 cm³/mol. The van der Waals surface area contributed by atoms with Crippen LogP contribution in [-0.2, 0) is 26.2 Å². The number of methoxy groups -OCH3 is 3. The largest absolute Gasteiger partial charge is 0.497 e. The molecule has 1 unspecified atom stereocenters. The van der Waals surface area contributed by atoms with Gasteiger partial charge in [0.1, 0.15) is 23.4 Å². The van der Waals surface area contributed by atoms with Crippen molar-refractivity contribution in [2.75, 3.05) is 21.3 Å². The van der Waals surface area contributed by atoms with E-state index in [2.05, 4.69) is 9.71 Å². The molecule has 0 fully saturated rings. The molecule has 0 bridgehead atoms. The zero-order chi connectivity index (χ0) is 24.0. The second-order valence-corrected chi connectivity index (χ2v) is 9.38. The van der Waals surface area contributed by atoms with Crippen LogP contribution in [-0.4, -0.2) is 46.7 Å². The fourth-order valence-corrected chi connectivity index (χ4v) is 4.94. The third-order valence-corrected chi connectivity index (χ3v) is 7.08. The van der Waals surface area contributed by atoms with Gasteiger partial charge in [-0.25, -0.2) is 13.4 Å². The summed E-state index contributed by atoms with van der Waals surface area (Å²) in [5.41, 5.74) is 1.28. The Morgan fingerprint density at radius 3 is 2.42 bits per heavy atom. The van der Waals surface area contributed by atoms with Crippen LogP contribution in [0.1, 0.15) is 12.6 Å². The number of sulfonamides is 1. The van der Waals surface area contributed by atoms with Crippen LogP contribution in [0.25, 0.3) is 10.6 Å². The van der Waals surface area contributed by atoms with E-state index in [-0.39, 0.29) is 11.5 Å². The van der Waals surface area contributed by atoms with E-state index in [1.54, 1.807) is 25.7 Å². The maximum atomic E-state index is 12.5. The van der Waals surface area contributed by atoms with Gasteiger partial charge in [0.25, 0.3) is 0 Å². The van der Waals surface area contributed by atoms with Crippen LogP contribution >= 0.6 is 11.3 Å². The molecule has 3 rings (SSSR count). The van der Waals surface area contributed by atoms with Crippen LogP contribution in [0, 0.1) is 0 Å². The molecule has 0 saturated heterocycles. The number of carbonyl (C=O) groups is 1. The minimum Gasteiger partial charge on any atom is -0.497 e. The molecule has 3 aromatic rings. The highest BCUT2D eigenvalue weighted by Crippen LogP contribution is 2.39. The smallest absolute Gasteiger partial charge is 0.324 e. The minimum absolute atomic E-state index is 0.0133. The van der Waals surface area contributed by atoms with Gasteiger partial charge in [0, 0.05) is 5.38 Å². The molecule has 0 aliphatic heterocycles. The lowest BCUT2D eigenvalue weighted by Crippen LogP contribution is -2.39. The molecular formula is C22H24N2O7S2. The van der Waals surface area contributed by atoms with Crippen molar-refractivity contribution in [2.45, 2.75) is 24.5 Å². The zero-order valence-electron chi connectivity index (χ0n) is 18.5. The third kappa shape index (κ3) is 5.81. The Kier molecular flexibility index (Phi) is 7.90. The lowest BCUT2D eigenvalue weighted by atomic mass is 10.2. The Morgan fingerprint density at radius 2 is 1.79 bits per heavy atom. The number of ether oxygens (including phenoxy) is 4. The van der Waals surface area contributed by atoms with Crippen LogP contribution in [0.15, 0.2) is 52.7 Å². The van der Waals surface area contributed by atoms with Gasteiger partial charge in [-0.1, -0.05) is 6.07 Å². The van der Waals surface area contributed by atoms with Gasteiger partial charge in [0.05, 0.1) is 37.5 Å². The third-order valence-electron chi connectivity index (χ3n) is 4.60. The molecule has 176 valence electrons. The van der Waals surface area contributed by atoms with Crippen LogP contribution in [0.3, 0.4) is 0 Å². The number of nitrogens with one attached hydrogen (secondary N) is 1. The van der Waals surface area contributed by atoms with Crippen molar-refractivity contribution in [1.82, 2.24) is 9.71 Å². The lowest BCUT2D eigenvalue weighted by Gasteiger charge is -2.13. The van der Waals surface area contributed by atoms with Crippen LogP contribution < -0.4 is 18.9 Å². The summed E-state index contributed by atoms with van der Waals surface area (Å²) in [6.07, 6.45) is 0. The topological polar surface area (TPSA) is 113 Å². The van der Waals surface area contributed by atoms with Crippen LogP contribution in [0.4, 0.5) is 0 Å². The van der Waals surface area contributed by atoms with E-state index in [4.69, 9.17) is 18.9 Å². The second kappa shape index (κ2) is 10.6. The summed E-state index contributed by atoms with van der Waals surface area (Å²) >= 11 is 1.36. The first-order valence-electron chi connectivity index (χ1n) is 9.77. The maximum Gasteiger partial charge on any atom is 0.324 e. The molecule has 2 aromatic carbocycles. The Balaban J connectivity index is 1.63. The Morgan fingerprint density at radius 1 is 1.06 bits per heavy atom. The number of rotatable bonds is 10. The van der Waals surface area contributed by atoms with E-state index in [1.807, 2.05) is 12.1 Å². The first kappa shape index (κ1) is 24.5. The minimum atomic E-state index is -3.90. The molecule has 0 radical (unpaired) electrons. The number of hydrogen-bond donors (Lipinski definition) is 1. The quantitative estimate of drug-likeness (QED) is 0.429. The van der Waals surface area contributed by atoms with E-state index in [9.17, 15) is 13.2 Å². The summed E-state index contributed by atoms with van der Waals surface area (Å²) in [7, 11) is 0.682. The summed E-state index contributed by atoms with van der Waals surface area (Å²) < 4.78 is 48.4. The Hall–Kier alpha value is -3.15. The number of hydrogen-bond acceptors (Lipinski definition) is 9. The summed E-state index contributed by atoms with van der Waals surface area (Å²) in [6.45, 7) is 1.31. The second-order valence-electron chi connectivity index (χ2n) is 6.81. The van der Waals surface area contributed by atoms with Crippen molar-refractivity contribution in [3.8, 4) is 27.8 Å². The number of carbonyl (C=O) groups excluding carboxylic acids is 1. The van der Waals surface area contributed by atoms with E-state index in [0.717, 1.165) is 5.56 Å². The Bertz CT molecular complexity index is 1210. The molecule has 9 nitrogen and oxygen atoms in total. The van der Waals surface area contributed by atoms with E-state index < -0.39 is 22.0 Å². The summed E-state index contributed by atoms with van der Waals surface area (Å²) in [5, 5.41) is 2.43. The van der Waals surface area contributed by atoms with Crippen LogP contribution in [0.5, 0.6) is 17.2 Å². The number of aromatic nitrogens is 1. The molecule has 0 saturated carbocycles. The molecule has 0 aliphatic carbocycles. The standard InChI is InChI=1S/C22H24N2O7S2/c1-14(24-33(26,27)17-10-8-16(28-2)9-11-17)22(25)31-12-15-13-32-21(23-15)18-6-5-7-19(29-3)20(18)30-4/h5-11,13-14,24H,12H2,1-4H3. The highest BCUT2D eigenvalue weighted by molar-refractivity contribution is 7.89. The molecule has 1 heterocycles. The normalized spacial score (nSPS) is 12.1. The molecule has 1 atom stereocenters. The van der Waals surface area contributed by atoms with Gasteiger partial charge in [-0.05, 0) is 43.3 Å². The van der Waals surface area contributed by atoms with Crippen molar-refractivity contribution < 1.29 is 32.2 Å². The predicted octanol–water partition coefficient (Wildman–Crippen LogP) is 3.25. The summed E-state index contributed by atoms with van der Waals surface area (Å²) in [4.78, 5) is 16.9. The average Bonchev–Trinajstić information content (AvgIpc) is 3.30. The number of para-hydroxylation sites is 1. The molecule has 0 amide bonds. The summed E-state index contributed by atoms with van der Waals surface area (Å²) in [5.74, 6) is 0.937. The van der Waals surface area contributed by atoms with Gasteiger partial charge in [0.2, 0.25) is 10.0 Å². The number of nitrogens with zero attached hydrogens (tertiary/aromatic N) is 1. The zero-order valence-corrected chi connectivity index (χ0v) is 20.2. The van der Waals surface area contributed by atoms with Gasteiger partial charge in [-0.15, -0.1) is 11.3 Å². The first-order chi connectivity index (χ1) is 15.8. The molecule has 0 aliphatic rings. The van der Waals surface area contributed by atoms with Crippen LogP contribution in [0.2, 0.25) is 0 Å². The van der Waals surface area contributed by atoms with Crippen molar-refractivity contribution >= 4 is 27.3 Å². The van der Waals surface area contributed by atoms with E-state index in [1.165, 1.54) is 49.6 Å². The SMILES string of the molecule is COc1ccc(S(=O)(=O)NC(C)C(=O)OCc2csc(-c3cccc(OC)c3OC)n2)cc1. The molecule has 1 aromatic heterocycles. The van der Waals surface area contributed by atoms with Crippen molar-refractivity contribution in [1.29, 1.82) is 0 Å². The molecule has 0 spiro atoms.